The number of aromatic amines is 1. The Morgan fingerprint density at radius 2 is 2.20 bits per heavy atom. The van der Waals surface area contributed by atoms with Crippen LogP contribution in [0.4, 0.5) is 0 Å². The number of hydrogen-bond acceptors (Lipinski definition) is 3. The van der Waals surface area contributed by atoms with E-state index in [0.29, 0.717) is 11.1 Å². The third kappa shape index (κ3) is 2.21. The number of rotatable bonds is 3. The van der Waals surface area contributed by atoms with Crippen LogP contribution in [0.1, 0.15) is 33.6 Å². The van der Waals surface area contributed by atoms with Crippen molar-refractivity contribution in [2.24, 2.45) is 0 Å². The Balaban J connectivity index is 2.04. The van der Waals surface area contributed by atoms with Crippen molar-refractivity contribution in [1.82, 2.24) is 9.88 Å². The average molecular weight is 335 g/mol. The van der Waals surface area contributed by atoms with Crippen molar-refractivity contribution in [2.45, 2.75) is 18.9 Å². The van der Waals surface area contributed by atoms with Crippen molar-refractivity contribution < 1.29 is 9.59 Å². The van der Waals surface area contributed by atoms with Crippen LogP contribution < -0.4 is 0 Å². The molecule has 1 saturated heterocycles. The molecular formula is C15H15BrN2O2. The van der Waals surface area contributed by atoms with E-state index in [2.05, 4.69) is 25.8 Å². The lowest BCUT2D eigenvalue weighted by molar-refractivity contribution is 0.0892. The van der Waals surface area contributed by atoms with Gasteiger partial charge in [0.25, 0.3) is 0 Å². The van der Waals surface area contributed by atoms with Gasteiger partial charge in [0, 0.05) is 28.2 Å². The highest BCUT2D eigenvalue weighted by Crippen LogP contribution is 2.26. The molecule has 5 heteroatoms. The van der Waals surface area contributed by atoms with E-state index in [9.17, 15) is 9.59 Å². The van der Waals surface area contributed by atoms with Gasteiger partial charge in [-0.05, 0) is 60.6 Å². The molecule has 1 N–H and O–H groups in total. The Labute approximate surface area is 125 Å². The summed E-state index contributed by atoms with van der Waals surface area (Å²) in [6.45, 7) is 0.962. The van der Waals surface area contributed by atoms with Gasteiger partial charge in [-0.25, -0.2) is 0 Å². The lowest BCUT2D eigenvalue weighted by Gasteiger charge is -2.17. The first kappa shape index (κ1) is 13.5. The maximum atomic E-state index is 12.7. The molecule has 1 aliphatic heterocycles. The Morgan fingerprint density at radius 1 is 1.40 bits per heavy atom. The number of aromatic nitrogens is 1. The van der Waals surface area contributed by atoms with E-state index in [1.165, 1.54) is 0 Å². The minimum Gasteiger partial charge on any atom is -0.360 e. The van der Waals surface area contributed by atoms with Crippen molar-refractivity contribution in [3.05, 3.63) is 35.5 Å². The Hall–Kier alpha value is -1.46. The number of carbonyl (C=O) groups is 2. The summed E-state index contributed by atoms with van der Waals surface area (Å²) < 4.78 is -0.169. The van der Waals surface area contributed by atoms with Gasteiger partial charge in [-0.1, -0.05) is 0 Å². The van der Waals surface area contributed by atoms with E-state index in [1.54, 1.807) is 18.3 Å². The highest BCUT2D eigenvalue weighted by Gasteiger charge is 2.29. The number of nitrogens with zero attached hydrogens (tertiary/aromatic N) is 1. The van der Waals surface area contributed by atoms with E-state index in [-0.39, 0.29) is 16.5 Å². The molecule has 2 aromatic rings. The highest BCUT2D eigenvalue weighted by molar-refractivity contribution is 9.18. The molecule has 0 spiro atoms. The molecule has 0 radical (unpaired) electrons. The van der Waals surface area contributed by atoms with E-state index < -0.39 is 0 Å². The smallest absolute Gasteiger partial charge is 0.228 e. The topological polar surface area (TPSA) is 53.2 Å². The van der Waals surface area contributed by atoms with Crippen LogP contribution in [0.3, 0.4) is 0 Å². The van der Waals surface area contributed by atoms with Crippen LogP contribution in [0, 0.1) is 0 Å². The summed E-state index contributed by atoms with van der Waals surface area (Å²) in [4.78, 5) is 29.3. The second kappa shape index (κ2) is 5.14. The molecule has 1 aliphatic rings. The van der Waals surface area contributed by atoms with Gasteiger partial charge in [0.05, 0.1) is 6.04 Å². The van der Waals surface area contributed by atoms with Gasteiger partial charge < -0.3 is 4.98 Å². The molecule has 0 unspecified atom stereocenters. The Kier molecular flexibility index (Phi) is 3.48. The third-order valence-electron chi connectivity index (χ3n) is 4.00. The standard InChI is InChI=1S/C15H15BrN2O2/c1-18-6-2-3-13(18)14(19)11-8-17-12-5-4-9(15(16)20)7-10(11)12/h4-5,7-8,13,17H,2-3,6H2,1H3/t13-/m1/s1. The number of H-pyrrole nitrogens is 1. The summed E-state index contributed by atoms with van der Waals surface area (Å²) in [6.07, 6.45) is 3.71. The lowest BCUT2D eigenvalue weighted by atomic mass is 10.0. The van der Waals surface area contributed by atoms with Gasteiger partial charge in [0.15, 0.2) is 5.78 Å². The summed E-state index contributed by atoms with van der Waals surface area (Å²) >= 11 is 2.95. The van der Waals surface area contributed by atoms with Crippen molar-refractivity contribution in [3.8, 4) is 0 Å². The van der Waals surface area contributed by atoms with Gasteiger partial charge in [-0.2, -0.15) is 0 Å². The molecule has 4 nitrogen and oxygen atoms in total. The molecule has 1 fully saturated rings. The normalized spacial score (nSPS) is 19.6. The van der Waals surface area contributed by atoms with Crippen LogP contribution in [0.25, 0.3) is 10.9 Å². The largest absolute Gasteiger partial charge is 0.360 e. The number of hydrogen-bond donors (Lipinski definition) is 1. The van der Waals surface area contributed by atoms with Crippen molar-refractivity contribution in [1.29, 1.82) is 0 Å². The van der Waals surface area contributed by atoms with E-state index >= 15 is 0 Å². The number of fused-ring (bicyclic) bond motifs is 1. The van der Waals surface area contributed by atoms with Crippen LogP contribution in [0.15, 0.2) is 24.4 Å². The first-order chi connectivity index (χ1) is 9.58. The van der Waals surface area contributed by atoms with E-state index in [4.69, 9.17) is 0 Å². The number of halogens is 1. The third-order valence-corrected chi connectivity index (χ3v) is 4.46. The molecule has 0 saturated carbocycles. The minimum absolute atomic E-state index is 0.0441. The summed E-state index contributed by atoms with van der Waals surface area (Å²) in [5, 5.41) is 0.820. The molecule has 104 valence electrons. The second-order valence-corrected chi connectivity index (χ2v) is 5.96. The molecule has 0 aliphatic carbocycles. The predicted molar refractivity (Wildman–Crippen MR) is 81.5 cm³/mol. The van der Waals surface area contributed by atoms with Crippen LogP contribution in [-0.2, 0) is 0 Å². The Bertz CT molecular complexity index is 692. The zero-order chi connectivity index (χ0) is 14.3. The molecular weight excluding hydrogens is 320 g/mol. The minimum atomic E-state index is -0.169. The van der Waals surface area contributed by atoms with Crippen molar-refractivity contribution in [2.75, 3.05) is 13.6 Å². The molecule has 1 aromatic carbocycles. The first-order valence-electron chi connectivity index (χ1n) is 6.63. The lowest BCUT2D eigenvalue weighted by Crippen LogP contribution is -2.32. The Morgan fingerprint density at radius 3 is 2.85 bits per heavy atom. The zero-order valence-electron chi connectivity index (χ0n) is 11.1. The van der Waals surface area contributed by atoms with Gasteiger partial charge in [-0.3, -0.25) is 14.5 Å². The van der Waals surface area contributed by atoms with E-state index in [1.807, 2.05) is 13.1 Å². The number of benzene rings is 1. The van der Waals surface area contributed by atoms with Gasteiger partial charge in [-0.15, -0.1) is 0 Å². The second-order valence-electron chi connectivity index (χ2n) is 5.24. The van der Waals surface area contributed by atoms with Crippen LogP contribution >= 0.6 is 15.9 Å². The molecule has 0 amide bonds. The summed E-state index contributed by atoms with van der Waals surface area (Å²) in [5.41, 5.74) is 2.12. The fraction of sp³-hybridized carbons (Fsp3) is 0.333. The maximum absolute atomic E-state index is 12.7. The summed E-state index contributed by atoms with van der Waals surface area (Å²) in [5.74, 6) is 0.135. The van der Waals surface area contributed by atoms with Crippen molar-refractivity contribution in [3.63, 3.8) is 0 Å². The quantitative estimate of drug-likeness (QED) is 0.693. The number of Topliss-reactive ketones (excluding diaryl/α,β-unsaturated/α-hetero) is 1. The van der Waals surface area contributed by atoms with Crippen LogP contribution in [0.5, 0.6) is 0 Å². The SMILES string of the molecule is CN1CCC[C@@H]1C(=O)c1c[nH]c2ccc(C(=O)Br)cc12. The van der Waals surface area contributed by atoms with Gasteiger partial charge >= 0.3 is 0 Å². The fourth-order valence-electron chi connectivity index (χ4n) is 2.87. The molecule has 0 bridgehead atoms. The van der Waals surface area contributed by atoms with Crippen LogP contribution in [0.2, 0.25) is 0 Å². The molecule has 1 atom stereocenters. The first-order valence-corrected chi connectivity index (χ1v) is 7.42. The predicted octanol–water partition coefficient (Wildman–Crippen LogP) is 2.98. The molecule has 3 rings (SSSR count). The maximum Gasteiger partial charge on any atom is 0.228 e. The van der Waals surface area contributed by atoms with Gasteiger partial charge in [0.1, 0.15) is 0 Å². The number of carbonyl (C=O) groups excluding carboxylic acids is 2. The molecule has 2 heterocycles. The average Bonchev–Trinajstić information content (AvgIpc) is 3.03. The number of likely N-dealkylation sites (tertiary alicyclic amines) is 1. The van der Waals surface area contributed by atoms with Crippen LogP contribution in [-0.4, -0.2) is 40.0 Å². The number of nitrogens with one attached hydrogen (secondary N) is 1. The fourth-order valence-corrected chi connectivity index (χ4v) is 3.11. The van der Waals surface area contributed by atoms with Crippen molar-refractivity contribution >= 4 is 37.3 Å². The molecule has 20 heavy (non-hydrogen) atoms. The zero-order valence-corrected chi connectivity index (χ0v) is 12.7. The van der Waals surface area contributed by atoms with E-state index in [0.717, 1.165) is 30.3 Å². The summed E-state index contributed by atoms with van der Waals surface area (Å²) in [7, 11) is 1.98. The monoisotopic (exact) mass is 334 g/mol. The number of likely N-dealkylation sites (N-methyl/N-ethyl adjacent to an activating group) is 1. The summed E-state index contributed by atoms with van der Waals surface area (Å²) in [6, 6.07) is 5.30. The highest BCUT2D eigenvalue weighted by atomic mass is 79.9. The van der Waals surface area contributed by atoms with Gasteiger partial charge in [0.2, 0.25) is 4.69 Å². The number of ketones is 1. The molecule has 1 aromatic heterocycles.